The maximum absolute atomic E-state index is 12.5. The van der Waals surface area contributed by atoms with E-state index in [1.165, 1.54) is 6.33 Å². The Kier molecular flexibility index (Phi) is 4.01. The highest BCUT2D eigenvalue weighted by Gasteiger charge is 2.55. The third-order valence-electron chi connectivity index (χ3n) is 5.24. The van der Waals surface area contributed by atoms with Crippen molar-refractivity contribution in [1.29, 1.82) is 0 Å². The Balaban J connectivity index is 1.63. The van der Waals surface area contributed by atoms with E-state index in [1.54, 1.807) is 9.58 Å². The minimum atomic E-state index is -0.771. The van der Waals surface area contributed by atoms with Crippen molar-refractivity contribution >= 4 is 12.0 Å². The van der Waals surface area contributed by atoms with E-state index in [0.717, 1.165) is 12.8 Å². The third kappa shape index (κ3) is 2.74. The van der Waals surface area contributed by atoms with Crippen LogP contribution in [0.3, 0.4) is 0 Å². The molecule has 1 saturated carbocycles. The fourth-order valence-electron chi connectivity index (χ4n) is 4.01. The van der Waals surface area contributed by atoms with Crippen LogP contribution >= 0.6 is 0 Å². The number of hydrogen-bond donors (Lipinski definition) is 2. The van der Waals surface area contributed by atoms with Gasteiger partial charge in [-0.3, -0.25) is 4.79 Å². The molecule has 0 unspecified atom stereocenters. The van der Waals surface area contributed by atoms with Gasteiger partial charge in [-0.2, -0.15) is 5.10 Å². The van der Waals surface area contributed by atoms with Crippen LogP contribution in [0, 0.1) is 11.3 Å². The minimum absolute atomic E-state index is 0.0685. The second-order valence-corrected chi connectivity index (χ2v) is 7.85. The van der Waals surface area contributed by atoms with Crippen LogP contribution < -0.4 is 5.32 Å². The van der Waals surface area contributed by atoms with Crippen molar-refractivity contribution in [2.45, 2.75) is 52.1 Å². The molecule has 1 saturated heterocycles. The quantitative estimate of drug-likeness (QED) is 0.870. The lowest BCUT2D eigenvalue weighted by molar-refractivity contribution is -0.149. The summed E-state index contributed by atoms with van der Waals surface area (Å²) in [5.41, 5.74) is -0.961. The lowest BCUT2D eigenvalue weighted by atomic mass is 9.81. The van der Waals surface area contributed by atoms with Gasteiger partial charge in [0.25, 0.3) is 0 Å². The Hall–Kier alpha value is -2.12. The average molecular weight is 335 g/mol. The van der Waals surface area contributed by atoms with E-state index in [4.69, 9.17) is 0 Å². The molecule has 2 N–H and O–H groups in total. The molecule has 0 radical (unpaired) electrons. The summed E-state index contributed by atoms with van der Waals surface area (Å²) in [4.78, 5) is 30.0. The van der Waals surface area contributed by atoms with E-state index in [2.05, 4.69) is 15.4 Å². The van der Waals surface area contributed by atoms with Gasteiger partial charge < -0.3 is 15.3 Å². The van der Waals surface area contributed by atoms with E-state index in [1.807, 2.05) is 20.8 Å². The number of hydrogen-bond acceptors (Lipinski definition) is 4. The van der Waals surface area contributed by atoms with Gasteiger partial charge in [0.2, 0.25) is 0 Å². The van der Waals surface area contributed by atoms with Gasteiger partial charge in [-0.15, -0.1) is 0 Å². The Bertz CT molecular complexity index is 650. The molecule has 2 amide bonds. The van der Waals surface area contributed by atoms with E-state index < -0.39 is 11.4 Å². The second-order valence-electron chi connectivity index (χ2n) is 7.85. The summed E-state index contributed by atoms with van der Waals surface area (Å²) in [6.07, 6.45) is 3.96. The summed E-state index contributed by atoms with van der Waals surface area (Å²) in [7, 11) is 0. The first-order valence-corrected chi connectivity index (χ1v) is 8.39. The van der Waals surface area contributed by atoms with E-state index in [0.29, 0.717) is 25.3 Å². The summed E-state index contributed by atoms with van der Waals surface area (Å²) >= 11 is 0. The van der Waals surface area contributed by atoms with Crippen molar-refractivity contribution in [3.63, 3.8) is 0 Å². The molecule has 24 heavy (non-hydrogen) atoms. The third-order valence-corrected chi connectivity index (χ3v) is 5.24. The number of aliphatic carboxylic acids is 1. The summed E-state index contributed by atoms with van der Waals surface area (Å²) in [6.45, 7) is 7.15. The SMILES string of the molecule is CC(C)(C)n1ncnc1CNC(=O)N1C[C@@H]2CCC[C@@]2(C(=O)O)C1. The molecular formula is C16H25N5O3. The highest BCUT2D eigenvalue weighted by molar-refractivity contribution is 5.80. The maximum atomic E-state index is 12.5. The van der Waals surface area contributed by atoms with Crippen molar-refractivity contribution in [2.24, 2.45) is 11.3 Å². The van der Waals surface area contributed by atoms with Gasteiger partial charge in [0.1, 0.15) is 12.2 Å². The molecule has 1 aliphatic carbocycles. The fraction of sp³-hybridized carbons (Fsp3) is 0.750. The Morgan fingerprint density at radius 1 is 1.46 bits per heavy atom. The number of carbonyl (C=O) groups is 2. The first-order chi connectivity index (χ1) is 11.2. The number of nitrogens with one attached hydrogen (secondary N) is 1. The van der Waals surface area contributed by atoms with Crippen LogP contribution in [0.25, 0.3) is 0 Å². The van der Waals surface area contributed by atoms with Gasteiger partial charge >= 0.3 is 12.0 Å². The molecule has 8 heteroatoms. The van der Waals surface area contributed by atoms with Crippen LogP contribution in [-0.4, -0.2) is 49.9 Å². The zero-order valence-electron chi connectivity index (χ0n) is 14.4. The van der Waals surface area contributed by atoms with Crippen LogP contribution in [0.1, 0.15) is 45.9 Å². The molecular weight excluding hydrogens is 310 g/mol. The van der Waals surface area contributed by atoms with Crippen LogP contribution in [0.15, 0.2) is 6.33 Å². The predicted molar refractivity (Wildman–Crippen MR) is 86.2 cm³/mol. The van der Waals surface area contributed by atoms with Crippen molar-refractivity contribution in [2.75, 3.05) is 13.1 Å². The summed E-state index contributed by atoms with van der Waals surface area (Å²) in [6, 6.07) is -0.228. The number of aromatic nitrogens is 3. The lowest BCUT2D eigenvalue weighted by Gasteiger charge is -2.24. The zero-order valence-corrected chi connectivity index (χ0v) is 14.4. The second kappa shape index (κ2) is 5.75. The molecule has 132 valence electrons. The molecule has 2 heterocycles. The molecule has 8 nitrogen and oxygen atoms in total. The molecule has 1 aliphatic heterocycles. The van der Waals surface area contributed by atoms with Crippen LogP contribution in [0.2, 0.25) is 0 Å². The maximum Gasteiger partial charge on any atom is 0.317 e. The summed E-state index contributed by atoms with van der Waals surface area (Å²) in [5, 5.41) is 16.7. The first kappa shape index (κ1) is 16.7. The molecule has 2 aliphatic rings. The Morgan fingerprint density at radius 2 is 2.21 bits per heavy atom. The number of rotatable bonds is 3. The van der Waals surface area contributed by atoms with Crippen LogP contribution in [0.5, 0.6) is 0 Å². The van der Waals surface area contributed by atoms with E-state index in [9.17, 15) is 14.7 Å². The van der Waals surface area contributed by atoms with Gasteiger partial charge in [0.15, 0.2) is 0 Å². The Morgan fingerprint density at radius 3 is 2.83 bits per heavy atom. The standard InChI is InChI=1S/C16H25N5O3/c1-15(2,3)21-12(18-10-19-21)7-17-14(24)20-8-11-5-4-6-16(11,9-20)13(22)23/h10-11H,4-9H2,1-3H3,(H,17,24)(H,22,23)/t11-,16+/m0/s1. The van der Waals surface area contributed by atoms with Crippen LogP contribution in [-0.2, 0) is 16.9 Å². The number of likely N-dealkylation sites (tertiary alicyclic amines) is 1. The molecule has 2 atom stereocenters. The van der Waals surface area contributed by atoms with E-state index in [-0.39, 0.29) is 24.0 Å². The number of nitrogens with zero attached hydrogens (tertiary/aromatic N) is 4. The molecule has 0 aromatic carbocycles. The predicted octanol–water partition coefficient (Wildman–Crippen LogP) is 1.43. The van der Waals surface area contributed by atoms with Gasteiger partial charge in [0.05, 0.1) is 17.5 Å². The molecule has 0 bridgehead atoms. The first-order valence-electron chi connectivity index (χ1n) is 8.39. The highest BCUT2D eigenvalue weighted by atomic mass is 16.4. The largest absolute Gasteiger partial charge is 0.481 e. The fourth-order valence-corrected chi connectivity index (χ4v) is 4.01. The van der Waals surface area contributed by atoms with E-state index >= 15 is 0 Å². The molecule has 1 aromatic heterocycles. The van der Waals surface area contributed by atoms with Crippen molar-refractivity contribution in [1.82, 2.24) is 25.0 Å². The number of carbonyl (C=O) groups excluding carboxylic acids is 1. The minimum Gasteiger partial charge on any atom is -0.481 e. The van der Waals surface area contributed by atoms with Gasteiger partial charge in [-0.1, -0.05) is 6.42 Å². The lowest BCUT2D eigenvalue weighted by Crippen LogP contribution is -2.42. The number of fused-ring (bicyclic) bond motifs is 1. The highest BCUT2D eigenvalue weighted by Crippen LogP contribution is 2.48. The normalized spacial score (nSPS) is 26.5. The summed E-state index contributed by atoms with van der Waals surface area (Å²) in [5.74, 6) is -0.0186. The van der Waals surface area contributed by atoms with Gasteiger partial charge in [-0.05, 0) is 39.5 Å². The average Bonchev–Trinajstić information content (AvgIpc) is 3.16. The number of carboxylic acids is 1. The van der Waals surface area contributed by atoms with Gasteiger partial charge in [0, 0.05) is 13.1 Å². The molecule has 3 rings (SSSR count). The monoisotopic (exact) mass is 335 g/mol. The van der Waals surface area contributed by atoms with Crippen molar-refractivity contribution in [3.8, 4) is 0 Å². The zero-order chi connectivity index (χ0) is 17.5. The van der Waals surface area contributed by atoms with Crippen LogP contribution in [0.4, 0.5) is 4.79 Å². The topological polar surface area (TPSA) is 100 Å². The molecule has 2 fully saturated rings. The Labute approximate surface area is 141 Å². The van der Waals surface area contributed by atoms with Crippen molar-refractivity contribution in [3.05, 3.63) is 12.2 Å². The number of carboxylic acid groups (broad SMARTS) is 1. The van der Waals surface area contributed by atoms with Gasteiger partial charge in [-0.25, -0.2) is 14.5 Å². The number of urea groups is 1. The molecule has 1 aromatic rings. The molecule has 0 spiro atoms. The smallest absolute Gasteiger partial charge is 0.317 e. The summed E-state index contributed by atoms with van der Waals surface area (Å²) < 4.78 is 1.78. The van der Waals surface area contributed by atoms with Crippen molar-refractivity contribution < 1.29 is 14.7 Å². The number of amides is 2.